The Morgan fingerprint density at radius 2 is 2.11 bits per heavy atom. The highest BCUT2D eigenvalue weighted by atomic mass is 79.9. The molecule has 1 heterocycles. The number of nitrogen functional groups attached to an aromatic ring is 1. The van der Waals surface area contributed by atoms with E-state index in [-0.39, 0.29) is 16.9 Å². The van der Waals surface area contributed by atoms with Crippen LogP contribution in [-0.4, -0.2) is 10.8 Å². The van der Waals surface area contributed by atoms with E-state index in [9.17, 15) is 9.18 Å². The topological polar surface area (TPSA) is 56.0 Å². The monoisotopic (exact) mass is 308 g/mol. The SMILES string of the molecule is Cc1ccnc(N)c1C(=O)c1ccc(Br)cc1F. The van der Waals surface area contributed by atoms with Crippen molar-refractivity contribution in [1.29, 1.82) is 0 Å². The van der Waals surface area contributed by atoms with Gasteiger partial charge in [-0.3, -0.25) is 4.79 Å². The molecule has 0 radical (unpaired) electrons. The Kier molecular flexibility index (Phi) is 3.43. The fraction of sp³-hybridized carbons (Fsp3) is 0.0769. The maximum atomic E-state index is 13.7. The van der Waals surface area contributed by atoms with E-state index >= 15 is 0 Å². The molecule has 0 fully saturated rings. The predicted molar refractivity (Wildman–Crippen MR) is 70.9 cm³/mol. The van der Waals surface area contributed by atoms with Gasteiger partial charge in [-0.15, -0.1) is 0 Å². The lowest BCUT2D eigenvalue weighted by molar-refractivity contribution is 0.103. The number of ketones is 1. The number of carbonyl (C=O) groups is 1. The van der Waals surface area contributed by atoms with Crippen LogP contribution in [0.1, 0.15) is 21.5 Å². The molecule has 3 nitrogen and oxygen atoms in total. The maximum Gasteiger partial charge on any atom is 0.199 e. The Balaban J connectivity index is 2.55. The van der Waals surface area contributed by atoms with E-state index in [1.807, 2.05) is 0 Å². The summed E-state index contributed by atoms with van der Waals surface area (Å²) in [5, 5.41) is 0. The molecule has 1 aromatic carbocycles. The quantitative estimate of drug-likeness (QED) is 0.867. The van der Waals surface area contributed by atoms with Gasteiger partial charge in [-0.25, -0.2) is 9.37 Å². The van der Waals surface area contributed by atoms with E-state index in [1.165, 1.54) is 18.3 Å². The van der Waals surface area contributed by atoms with E-state index in [2.05, 4.69) is 20.9 Å². The van der Waals surface area contributed by atoms with Gasteiger partial charge in [-0.2, -0.15) is 0 Å². The largest absolute Gasteiger partial charge is 0.383 e. The van der Waals surface area contributed by atoms with Crippen molar-refractivity contribution in [2.24, 2.45) is 0 Å². The molecule has 2 N–H and O–H groups in total. The minimum Gasteiger partial charge on any atom is -0.383 e. The number of carbonyl (C=O) groups excluding carboxylic acids is 1. The summed E-state index contributed by atoms with van der Waals surface area (Å²) in [5.74, 6) is -0.928. The summed E-state index contributed by atoms with van der Waals surface area (Å²) in [6.07, 6.45) is 1.51. The Labute approximate surface area is 112 Å². The molecule has 0 bridgehead atoms. The highest BCUT2D eigenvalue weighted by Crippen LogP contribution is 2.22. The van der Waals surface area contributed by atoms with Gasteiger partial charge in [0.15, 0.2) is 5.78 Å². The molecular weight excluding hydrogens is 299 g/mol. The van der Waals surface area contributed by atoms with Crippen LogP contribution in [0.4, 0.5) is 10.2 Å². The van der Waals surface area contributed by atoms with Crippen molar-refractivity contribution < 1.29 is 9.18 Å². The van der Waals surface area contributed by atoms with Crippen LogP contribution < -0.4 is 5.73 Å². The number of pyridine rings is 1. The number of hydrogen-bond donors (Lipinski definition) is 1. The molecule has 5 heteroatoms. The molecule has 0 spiro atoms. The molecule has 0 aliphatic rings. The van der Waals surface area contributed by atoms with Crippen LogP contribution in [-0.2, 0) is 0 Å². The molecule has 0 atom stereocenters. The zero-order valence-electron chi connectivity index (χ0n) is 9.58. The fourth-order valence-corrected chi connectivity index (χ4v) is 2.02. The normalized spacial score (nSPS) is 10.4. The van der Waals surface area contributed by atoms with E-state index in [0.717, 1.165) is 0 Å². The third-order valence-corrected chi connectivity index (χ3v) is 3.08. The van der Waals surface area contributed by atoms with Crippen LogP contribution in [0.25, 0.3) is 0 Å². The maximum absolute atomic E-state index is 13.7. The van der Waals surface area contributed by atoms with Crippen molar-refractivity contribution in [1.82, 2.24) is 4.98 Å². The molecule has 92 valence electrons. The Bertz CT molecular complexity index is 608. The minimum atomic E-state index is -0.586. The van der Waals surface area contributed by atoms with Crippen LogP contribution in [0.5, 0.6) is 0 Å². The Morgan fingerprint density at radius 1 is 1.39 bits per heavy atom. The van der Waals surface area contributed by atoms with Gasteiger partial charge in [-0.05, 0) is 36.8 Å². The molecule has 0 saturated heterocycles. The van der Waals surface area contributed by atoms with Crippen molar-refractivity contribution in [3.63, 3.8) is 0 Å². The number of halogens is 2. The molecule has 0 unspecified atom stereocenters. The second kappa shape index (κ2) is 4.86. The molecule has 2 aromatic rings. The standard InChI is InChI=1S/C13H10BrFN2O/c1-7-4-5-17-13(16)11(7)12(18)9-3-2-8(14)6-10(9)15/h2-6H,1H3,(H2,16,17). The zero-order valence-corrected chi connectivity index (χ0v) is 11.2. The van der Waals surface area contributed by atoms with Crippen molar-refractivity contribution in [2.75, 3.05) is 5.73 Å². The number of anilines is 1. The predicted octanol–water partition coefficient (Wildman–Crippen LogP) is 3.10. The smallest absolute Gasteiger partial charge is 0.199 e. The van der Waals surface area contributed by atoms with Gasteiger partial charge < -0.3 is 5.73 Å². The van der Waals surface area contributed by atoms with E-state index in [4.69, 9.17) is 5.73 Å². The second-order valence-electron chi connectivity index (χ2n) is 3.84. The lowest BCUT2D eigenvalue weighted by Crippen LogP contribution is -2.10. The zero-order chi connectivity index (χ0) is 13.3. The van der Waals surface area contributed by atoms with E-state index in [0.29, 0.717) is 10.0 Å². The summed E-state index contributed by atoms with van der Waals surface area (Å²) < 4.78 is 14.3. The summed E-state index contributed by atoms with van der Waals surface area (Å²) in [4.78, 5) is 16.1. The van der Waals surface area contributed by atoms with Crippen LogP contribution in [0.15, 0.2) is 34.9 Å². The highest BCUT2D eigenvalue weighted by molar-refractivity contribution is 9.10. The molecule has 18 heavy (non-hydrogen) atoms. The Hall–Kier alpha value is -1.75. The van der Waals surface area contributed by atoms with Crippen molar-refractivity contribution in [2.45, 2.75) is 6.92 Å². The lowest BCUT2D eigenvalue weighted by atomic mass is 10.00. The van der Waals surface area contributed by atoms with Crippen LogP contribution >= 0.6 is 15.9 Å². The van der Waals surface area contributed by atoms with Gasteiger partial charge in [0.25, 0.3) is 0 Å². The second-order valence-corrected chi connectivity index (χ2v) is 4.76. The number of hydrogen-bond acceptors (Lipinski definition) is 3. The van der Waals surface area contributed by atoms with Gasteiger partial charge in [0.05, 0.1) is 11.1 Å². The number of benzene rings is 1. The molecule has 0 aliphatic carbocycles. The molecule has 2 rings (SSSR count). The molecule has 0 aliphatic heterocycles. The minimum absolute atomic E-state index is 0.0130. The first kappa shape index (κ1) is 12.7. The van der Waals surface area contributed by atoms with Gasteiger partial charge in [0, 0.05) is 10.7 Å². The van der Waals surface area contributed by atoms with Gasteiger partial charge >= 0.3 is 0 Å². The first-order valence-electron chi connectivity index (χ1n) is 5.21. The van der Waals surface area contributed by atoms with Crippen molar-refractivity contribution in [3.05, 3.63) is 57.4 Å². The summed E-state index contributed by atoms with van der Waals surface area (Å²) in [6.45, 7) is 1.74. The van der Waals surface area contributed by atoms with E-state index in [1.54, 1.807) is 19.1 Å². The van der Waals surface area contributed by atoms with Crippen LogP contribution in [0, 0.1) is 12.7 Å². The molecule has 0 amide bonds. The number of aromatic nitrogens is 1. The summed E-state index contributed by atoms with van der Waals surface area (Å²) in [5.41, 5.74) is 6.59. The third-order valence-electron chi connectivity index (χ3n) is 2.59. The summed E-state index contributed by atoms with van der Waals surface area (Å²) in [7, 11) is 0. The molecule has 1 aromatic heterocycles. The van der Waals surface area contributed by atoms with Gasteiger partial charge in [0.1, 0.15) is 11.6 Å². The third kappa shape index (κ3) is 2.26. The molecular formula is C13H10BrFN2O. The first-order chi connectivity index (χ1) is 8.50. The summed E-state index contributed by atoms with van der Waals surface area (Å²) in [6, 6.07) is 5.95. The van der Waals surface area contributed by atoms with Crippen molar-refractivity contribution >= 4 is 27.5 Å². The average molecular weight is 309 g/mol. The Morgan fingerprint density at radius 3 is 2.72 bits per heavy atom. The number of nitrogens with two attached hydrogens (primary N) is 1. The fourth-order valence-electron chi connectivity index (χ4n) is 1.68. The number of nitrogens with zero attached hydrogens (tertiary/aromatic N) is 1. The van der Waals surface area contributed by atoms with Gasteiger partial charge in [0.2, 0.25) is 0 Å². The van der Waals surface area contributed by atoms with Crippen LogP contribution in [0.2, 0.25) is 0 Å². The summed E-state index contributed by atoms with van der Waals surface area (Å²) >= 11 is 3.14. The first-order valence-corrected chi connectivity index (χ1v) is 6.01. The lowest BCUT2D eigenvalue weighted by Gasteiger charge is -2.08. The highest BCUT2D eigenvalue weighted by Gasteiger charge is 2.19. The van der Waals surface area contributed by atoms with Gasteiger partial charge in [-0.1, -0.05) is 15.9 Å². The number of aryl methyl sites for hydroxylation is 1. The van der Waals surface area contributed by atoms with Crippen LogP contribution in [0.3, 0.4) is 0 Å². The molecule has 0 saturated carbocycles. The number of rotatable bonds is 2. The average Bonchev–Trinajstić information content (AvgIpc) is 2.28. The van der Waals surface area contributed by atoms with Crippen molar-refractivity contribution in [3.8, 4) is 0 Å². The van der Waals surface area contributed by atoms with E-state index < -0.39 is 11.6 Å².